The highest BCUT2D eigenvalue weighted by atomic mass is 16.3. The predicted molar refractivity (Wildman–Crippen MR) is 145 cm³/mol. The van der Waals surface area contributed by atoms with Crippen LogP contribution in [-0.2, 0) is 18.3 Å². The van der Waals surface area contributed by atoms with Gasteiger partial charge in [0.25, 0.3) is 5.91 Å². The molecule has 0 aliphatic heterocycles. The fourth-order valence-electron chi connectivity index (χ4n) is 4.93. The molecule has 5 rings (SSSR count). The number of nitrogens with two attached hydrogens (primary N) is 1. The molecule has 5 N–H and O–H groups in total. The third-order valence-electron chi connectivity index (χ3n) is 7.04. The number of rotatable bonds is 7. The van der Waals surface area contributed by atoms with Crippen LogP contribution in [0.4, 0.5) is 11.8 Å². The van der Waals surface area contributed by atoms with Crippen molar-refractivity contribution in [1.29, 1.82) is 0 Å². The average Bonchev–Trinajstić information content (AvgIpc) is 3.29. The van der Waals surface area contributed by atoms with Crippen LogP contribution in [0.2, 0.25) is 0 Å². The molecule has 1 saturated carbocycles. The largest absolute Gasteiger partial charge is 0.378 e. The van der Waals surface area contributed by atoms with Crippen LogP contribution >= 0.6 is 0 Å². The third kappa shape index (κ3) is 5.47. The van der Waals surface area contributed by atoms with E-state index in [-0.39, 0.29) is 0 Å². The summed E-state index contributed by atoms with van der Waals surface area (Å²) in [5, 5.41) is 22.0. The van der Waals surface area contributed by atoms with E-state index in [1.165, 1.54) is 0 Å². The average molecular weight is 500 g/mol. The number of aromatic nitrogens is 4. The van der Waals surface area contributed by atoms with Crippen molar-refractivity contribution in [1.82, 2.24) is 19.7 Å². The van der Waals surface area contributed by atoms with Crippen LogP contribution in [0.3, 0.4) is 0 Å². The van der Waals surface area contributed by atoms with Gasteiger partial charge in [0.1, 0.15) is 0 Å². The number of nitrogens with zero attached hydrogens (tertiary/aromatic N) is 4. The van der Waals surface area contributed by atoms with Crippen molar-refractivity contribution in [2.75, 3.05) is 10.6 Å². The van der Waals surface area contributed by atoms with Crippen molar-refractivity contribution in [2.24, 2.45) is 12.8 Å². The van der Waals surface area contributed by atoms with Crippen LogP contribution in [0.1, 0.15) is 49.8 Å². The summed E-state index contributed by atoms with van der Waals surface area (Å²) in [6, 6.07) is 15.4. The van der Waals surface area contributed by atoms with Gasteiger partial charge in [-0.05, 0) is 55.4 Å². The van der Waals surface area contributed by atoms with Gasteiger partial charge in [-0.1, -0.05) is 37.3 Å². The molecule has 9 nitrogen and oxygen atoms in total. The summed E-state index contributed by atoms with van der Waals surface area (Å²) >= 11 is 0. The predicted octanol–water partition coefficient (Wildman–Crippen LogP) is 3.95. The zero-order valence-electron chi connectivity index (χ0n) is 21.2. The number of aliphatic hydroxyl groups is 1. The number of carbonyl (C=O) groups is 1. The van der Waals surface area contributed by atoms with E-state index < -0.39 is 12.0 Å². The lowest BCUT2D eigenvalue weighted by molar-refractivity contribution is -0.124. The topological polar surface area (TPSA) is 131 Å². The molecule has 2 heterocycles. The minimum Gasteiger partial charge on any atom is -0.378 e. The van der Waals surface area contributed by atoms with Gasteiger partial charge in [0.15, 0.2) is 11.9 Å². The number of fused-ring (bicyclic) bond motifs is 1. The lowest BCUT2D eigenvalue weighted by atomic mass is 9.92. The molecule has 37 heavy (non-hydrogen) atoms. The van der Waals surface area contributed by atoms with Gasteiger partial charge in [0, 0.05) is 42.3 Å². The Morgan fingerprint density at radius 1 is 1.16 bits per heavy atom. The molecule has 1 aliphatic carbocycles. The van der Waals surface area contributed by atoms with E-state index in [1.807, 2.05) is 25.4 Å². The SMILES string of the molecule is CCc1cc(-c2cc(NC(=O)[C@@H](O)c3ccccc3)nn2C)cc2cnc(N[C@H]3CC[C@H](N)CC3)nc12. The summed E-state index contributed by atoms with van der Waals surface area (Å²) in [6.45, 7) is 2.11. The summed E-state index contributed by atoms with van der Waals surface area (Å²) in [6.07, 6.45) is 5.50. The van der Waals surface area contributed by atoms with E-state index in [0.29, 0.717) is 29.4 Å². The van der Waals surface area contributed by atoms with Crippen molar-refractivity contribution in [2.45, 2.75) is 57.2 Å². The van der Waals surface area contributed by atoms with Crippen molar-refractivity contribution in [3.05, 3.63) is 65.9 Å². The van der Waals surface area contributed by atoms with Crippen molar-refractivity contribution < 1.29 is 9.90 Å². The quantitative estimate of drug-likeness (QED) is 0.303. The van der Waals surface area contributed by atoms with Crippen LogP contribution in [0, 0.1) is 0 Å². The Morgan fingerprint density at radius 3 is 2.65 bits per heavy atom. The fourth-order valence-corrected chi connectivity index (χ4v) is 4.93. The maximum Gasteiger partial charge on any atom is 0.259 e. The highest BCUT2D eigenvalue weighted by Crippen LogP contribution is 2.30. The number of hydrogen-bond acceptors (Lipinski definition) is 7. The molecule has 0 saturated heterocycles. The number of aryl methyl sites for hydroxylation is 2. The minimum atomic E-state index is -1.27. The third-order valence-corrected chi connectivity index (χ3v) is 7.04. The van der Waals surface area contributed by atoms with Gasteiger partial charge in [0.05, 0.1) is 11.2 Å². The number of benzene rings is 2. The molecular formula is C28H33N7O2. The summed E-state index contributed by atoms with van der Waals surface area (Å²) in [4.78, 5) is 22.0. The van der Waals surface area contributed by atoms with Crippen molar-refractivity contribution >= 4 is 28.6 Å². The first kappa shape index (κ1) is 24.9. The summed E-state index contributed by atoms with van der Waals surface area (Å²) in [5.74, 6) is 0.494. The normalized spacial score (nSPS) is 18.5. The Labute approximate surface area is 216 Å². The van der Waals surface area contributed by atoms with Gasteiger partial charge >= 0.3 is 0 Å². The molecule has 1 atom stereocenters. The maximum atomic E-state index is 12.6. The minimum absolute atomic E-state index is 0.301. The Balaban J connectivity index is 1.37. The molecule has 1 amide bonds. The Kier molecular flexibility index (Phi) is 7.16. The standard InChI is InChI=1S/C28H33N7O2/c1-3-17-13-19(14-20-16-30-28(33-25(17)20)31-22-11-9-21(29)10-12-22)23-15-24(34-35(23)2)32-27(37)26(36)18-7-5-4-6-8-18/h4-8,13-16,21-22,26,36H,3,9-12,29H2,1-2H3,(H,30,31,33)(H,32,34,37)/t21-,22-,26-/m0/s1. The number of aliphatic hydroxyl groups excluding tert-OH is 1. The summed E-state index contributed by atoms with van der Waals surface area (Å²) < 4.78 is 1.72. The molecule has 9 heteroatoms. The molecule has 192 valence electrons. The second-order valence-corrected chi connectivity index (χ2v) is 9.72. The number of nitrogens with one attached hydrogen (secondary N) is 2. The Hall–Kier alpha value is -3.82. The Morgan fingerprint density at radius 2 is 1.92 bits per heavy atom. The molecule has 2 aromatic carbocycles. The van der Waals surface area contributed by atoms with Crippen LogP contribution in [0.25, 0.3) is 22.2 Å². The molecule has 0 bridgehead atoms. The van der Waals surface area contributed by atoms with Crippen LogP contribution in [0.15, 0.2) is 54.7 Å². The fraction of sp³-hybridized carbons (Fsp3) is 0.357. The van der Waals surface area contributed by atoms with Gasteiger partial charge < -0.3 is 21.5 Å². The lowest BCUT2D eigenvalue weighted by Gasteiger charge is -2.26. The highest BCUT2D eigenvalue weighted by Gasteiger charge is 2.21. The zero-order valence-corrected chi connectivity index (χ0v) is 21.2. The van der Waals surface area contributed by atoms with E-state index >= 15 is 0 Å². The number of carbonyl (C=O) groups excluding carboxylic acids is 1. The van der Waals surface area contributed by atoms with Gasteiger partial charge in [-0.25, -0.2) is 9.97 Å². The highest BCUT2D eigenvalue weighted by molar-refractivity contribution is 5.94. The first-order valence-electron chi connectivity index (χ1n) is 12.8. The summed E-state index contributed by atoms with van der Waals surface area (Å²) in [5.41, 5.74) is 10.4. The molecule has 0 radical (unpaired) electrons. The first-order valence-corrected chi connectivity index (χ1v) is 12.8. The van der Waals surface area contributed by atoms with Crippen LogP contribution < -0.4 is 16.4 Å². The second-order valence-electron chi connectivity index (χ2n) is 9.72. The molecule has 4 aromatic rings. The van der Waals surface area contributed by atoms with E-state index in [2.05, 4.69) is 33.7 Å². The molecule has 0 unspecified atom stereocenters. The van der Waals surface area contributed by atoms with E-state index in [0.717, 1.165) is 59.8 Å². The van der Waals surface area contributed by atoms with Gasteiger partial charge in [-0.2, -0.15) is 5.10 Å². The van der Waals surface area contributed by atoms with Crippen molar-refractivity contribution in [3.63, 3.8) is 0 Å². The molecule has 1 aliphatic rings. The lowest BCUT2D eigenvalue weighted by Crippen LogP contribution is -2.33. The maximum absolute atomic E-state index is 12.6. The van der Waals surface area contributed by atoms with Crippen LogP contribution in [-0.4, -0.2) is 42.8 Å². The van der Waals surface area contributed by atoms with E-state index in [9.17, 15) is 9.90 Å². The van der Waals surface area contributed by atoms with Crippen molar-refractivity contribution in [3.8, 4) is 11.3 Å². The second kappa shape index (κ2) is 10.7. The molecule has 1 fully saturated rings. The number of amides is 1. The monoisotopic (exact) mass is 499 g/mol. The van der Waals surface area contributed by atoms with E-state index in [1.54, 1.807) is 35.0 Å². The van der Waals surface area contributed by atoms with Gasteiger partial charge in [0.2, 0.25) is 5.95 Å². The molecule has 2 aromatic heterocycles. The Bertz CT molecular complexity index is 1390. The first-order chi connectivity index (χ1) is 17.9. The smallest absolute Gasteiger partial charge is 0.259 e. The molecule has 0 spiro atoms. The zero-order chi connectivity index (χ0) is 25.9. The number of anilines is 2. The van der Waals surface area contributed by atoms with Gasteiger partial charge in [-0.3, -0.25) is 9.48 Å². The van der Waals surface area contributed by atoms with Crippen LogP contribution in [0.5, 0.6) is 0 Å². The molecular weight excluding hydrogens is 466 g/mol. The van der Waals surface area contributed by atoms with Gasteiger partial charge in [-0.15, -0.1) is 0 Å². The van der Waals surface area contributed by atoms with E-state index in [4.69, 9.17) is 10.7 Å². The summed E-state index contributed by atoms with van der Waals surface area (Å²) in [7, 11) is 1.83. The number of hydrogen-bond donors (Lipinski definition) is 4.